The Morgan fingerprint density at radius 3 is 1.84 bits per heavy atom. The van der Waals surface area contributed by atoms with Crippen molar-refractivity contribution in [1.29, 1.82) is 0 Å². The number of rotatable bonds is 3. The normalized spacial score (nSPS) is 11.2. The molecule has 0 radical (unpaired) electrons. The van der Waals surface area contributed by atoms with E-state index in [0.717, 1.165) is 16.8 Å². The number of benzene rings is 3. The number of carbonyl (C=O) groups is 1. The number of hydrogen-bond acceptors (Lipinski definition) is 1. The van der Waals surface area contributed by atoms with Crippen LogP contribution in [0.4, 0.5) is 5.69 Å². The van der Waals surface area contributed by atoms with E-state index in [1.807, 2.05) is 54.6 Å². The van der Waals surface area contributed by atoms with Gasteiger partial charge in [0.05, 0.1) is 0 Å². The van der Waals surface area contributed by atoms with Crippen LogP contribution in [0.1, 0.15) is 36.7 Å². The summed E-state index contributed by atoms with van der Waals surface area (Å²) in [6.07, 6.45) is 0. The maximum atomic E-state index is 12.4. The summed E-state index contributed by atoms with van der Waals surface area (Å²) in [5.41, 5.74) is 5.07. The molecular formula is C23H23NO. The average molecular weight is 329 g/mol. The Hall–Kier alpha value is -2.87. The minimum absolute atomic E-state index is 0.0943. The molecule has 2 heteroatoms. The Kier molecular flexibility index (Phi) is 4.71. The van der Waals surface area contributed by atoms with Crippen LogP contribution in [0.3, 0.4) is 0 Å². The zero-order chi connectivity index (χ0) is 17.9. The highest BCUT2D eigenvalue weighted by molar-refractivity contribution is 6.04. The van der Waals surface area contributed by atoms with Crippen LogP contribution < -0.4 is 5.32 Å². The SMILES string of the molecule is CC(C)(C)c1ccc(NC(=O)c2ccc(-c3ccccc3)cc2)cc1. The second-order valence-corrected chi connectivity index (χ2v) is 7.22. The molecule has 0 saturated heterocycles. The van der Waals surface area contributed by atoms with E-state index in [-0.39, 0.29) is 11.3 Å². The molecule has 0 aliphatic heterocycles. The molecule has 3 aromatic rings. The lowest BCUT2D eigenvalue weighted by Crippen LogP contribution is -2.13. The summed E-state index contributed by atoms with van der Waals surface area (Å²) < 4.78 is 0. The molecule has 126 valence electrons. The first-order chi connectivity index (χ1) is 11.9. The zero-order valence-corrected chi connectivity index (χ0v) is 14.9. The van der Waals surface area contributed by atoms with E-state index >= 15 is 0 Å². The van der Waals surface area contributed by atoms with Crippen molar-refractivity contribution in [1.82, 2.24) is 0 Å². The van der Waals surface area contributed by atoms with Crippen molar-refractivity contribution in [3.63, 3.8) is 0 Å². The predicted molar refractivity (Wildman–Crippen MR) is 105 cm³/mol. The van der Waals surface area contributed by atoms with Gasteiger partial charge in [-0.3, -0.25) is 4.79 Å². The third-order valence-corrected chi connectivity index (χ3v) is 4.26. The minimum Gasteiger partial charge on any atom is -0.322 e. The second-order valence-electron chi connectivity index (χ2n) is 7.22. The maximum absolute atomic E-state index is 12.4. The molecule has 3 rings (SSSR count). The number of carbonyl (C=O) groups excluding carboxylic acids is 1. The van der Waals surface area contributed by atoms with E-state index in [1.54, 1.807) is 0 Å². The molecule has 0 aromatic heterocycles. The van der Waals surface area contributed by atoms with Gasteiger partial charge in [-0.25, -0.2) is 0 Å². The molecule has 0 saturated carbocycles. The molecule has 0 fully saturated rings. The topological polar surface area (TPSA) is 29.1 Å². The molecule has 0 aliphatic carbocycles. The summed E-state index contributed by atoms with van der Waals surface area (Å²) in [7, 11) is 0. The molecule has 0 heterocycles. The highest BCUT2D eigenvalue weighted by atomic mass is 16.1. The smallest absolute Gasteiger partial charge is 0.255 e. The van der Waals surface area contributed by atoms with Crippen molar-refractivity contribution in [2.45, 2.75) is 26.2 Å². The van der Waals surface area contributed by atoms with Crippen molar-refractivity contribution < 1.29 is 4.79 Å². The summed E-state index contributed by atoms with van der Waals surface area (Å²) in [6.45, 7) is 6.53. The van der Waals surface area contributed by atoms with Gasteiger partial charge in [0.1, 0.15) is 0 Å². The Labute approximate surface area is 149 Å². The molecule has 25 heavy (non-hydrogen) atoms. The minimum atomic E-state index is -0.0943. The van der Waals surface area contributed by atoms with Gasteiger partial charge in [-0.05, 0) is 46.4 Å². The fourth-order valence-corrected chi connectivity index (χ4v) is 2.70. The van der Waals surface area contributed by atoms with E-state index in [2.05, 4.69) is 50.4 Å². The second kappa shape index (κ2) is 6.94. The fourth-order valence-electron chi connectivity index (χ4n) is 2.70. The first-order valence-corrected chi connectivity index (χ1v) is 8.51. The van der Waals surface area contributed by atoms with Crippen molar-refractivity contribution in [2.24, 2.45) is 0 Å². The van der Waals surface area contributed by atoms with Crippen LogP contribution in [0.5, 0.6) is 0 Å². The van der Waals surface area contributed by atoms with Gasteiger partial charge in [0.2, 0.25) is 0 Å². The lowest BCUT2D eigenvalue weighted by Gasteiger charge is -2.19. The van der Waals surface area contributed by atoms with Crippen LogP contribution in [0.2, 0.25) is 0 Å². The standard InChI is InChI=1S/C23H23NO/c1-23(2,3)20-13-15-21(16-14-20)24-22(25)19-11-9-18(10-12-19)17-7-5-4-6-8-17/h4-16H,1-3H3,(H,24,25). The average Bonchev–Trinajstić information content (AvgIpc) is 2.62. The van der Waals surface area contributed by atoms with Crippen molar-refractivity contribution >= 4 is 11.6 Å². The highest BCUT2D eigenvalue weighted by Crippen LogP contribution is 2.24. The van der Waals surface area contributed by atoms with Gasteiger partial charge < -0.3 is 5.32 Å². The first-order valence-electron chi connectivity index (χ1n) is 8.51. The molecule has 0 atom stereocenters. The Morgan fingerprint density at radius 1 is 0.720 bits per heavy atom. The van der Waals surface area contributed by atoms with Crippen LogP contribution in [-0.2, 0) is 5.41 Å². The quantitative estimate of drug-likeness (QED) is 0.636. The van der Waals surface area contributed by atoms with Crippen LogP contribution in [0.25, 0.3) is 11.1 Å². The van der Waals surface area contributed by atoms with Crippen LogP contribution in [0, 0.1) is 0 Å². The maximum Gasteiger partial charge on any atom is 0.255 e. The zero-order valence-electron chi connectivity index (χ0n) is 14.9. The van der Waals surface area contributed by atoms with Crippen molar-refractivity contribution in [3.05, 3.63) is 90.0 Å². The Bertz CT molecular complexity index is 841. The fraction of sp³-hybridized carbons (Fsp3) is 0.174. The van der Waals surface area contributed by atoms with Gasteiger partial charge >= 0.3 is 0 Å². The Balaban J connectivity index is 1.71. The van der Waals surface area contributed by atoms with Crippen molar-refractivity contribution in [3.8, 4) is 11.1 Å². The van der Waals surface area contributed by atoms with Crippen LogP contribution in [0.15, 0.2) is 78.9 Å². The van der Waals surface area contributed by atoms with Crippen molar-refractivity contribution in [2.75, 3.05) is 5.32 Å². The summed E-state index contributed by atoms with van der Waals surface area (Å²) in [5, 5.41) is 2.96. The van der Waals surface area contributed by atoms with Gasteiger partial charge in [-0.15, -0.1) is 0 Å². The van der Waals surface area contributed by atoms with Gasteiger partial charge in [0.15, 0.2) is 0 Å². The molecule has 0 aliphatic rings. The lowest BCUT2D eigenvalue weighted by molar-refractivity contribution is 0.102. The summed E-state index contributed by atoms with van der Waals surface area (Å²) in [6, 6.07) is 25.9. The lowest BCUT2D eigenvalue weighted by atomic mass is 9.87. The molecule has 3 aromatic carbocycles. The summed E-state index contributed by atoms with van der Waals surface area (Å²) in [5.74, 6) is -0.0943. The third kappa shape index (κ3) is 4.16. The molecule has 0 bridgehead atoms. The summed E-state index contributed by atoms with van der Waals surface area (Å²) >= 11 is 0. The number of hydrogen-bond donors (Lipinski definition) is 1. The number of nitrogens with one attached hydrogen (secondary N) is 1. The molecule has 2 nitrogen and oxygen atoms in total. The van der Waals surface area contributed by atoms with E-state index in [9.17, 15) is 4.79 Å². The molecule has 1 amide bonds. The van der Waals surface area contributed by atoms with Crippen LogP contribution in [-0.4, -0.2) is 5.91 Å². The van der Waals surface area contributed by atoms with E-state index in [1.165, 1.54) is 5.56 Å². The largest absolute Gasteiger partial charge is 0.322 e. The first kappa shape index (κ1) is 17.0. The molecule has 0 unspecified atom stereocenters. The van der Waals surface area contributed by atoms with Crippen LogP contribution >= 0.6 is 0 Å². The number of anilines is 1. The molecule has 0 spiro atoms. The monoisotopic (exact) mass is 329 g/mol. The van der Waals surface area contributed by atoms with E-state index in [0.29, 0.717) is 5.56 Å². The van der Waals surface area contributed by atoms with E-state index < -0.39 is 0 Å². The van der Waals surface area contributed by atoms with Gasteiger partial charge in [0, 0.05) is 11.3 Å². The predicted octanol–water partition coefficient (Wildman–Crippen LogP) is 5.90. The molecule has 1 N–H and O–H groups in total. The number of amides is 1. The highest BCUT2D eigenvalue weighted by Gasteiger charge is 2.13. The molecular weight excluding hydrogens is 306 g/mol. The van der Waals surface area contributed by atoms with Gasteiger partial charge in [-0.2, -0.15) is 0 Å². The van der Waals surface area contributed by atoms with Gasteiger partial charge in [-0.1, -0.05) is 75.4 Å². The Morgan fingerprint density at radius 2 is 1.28 bits per heavy atom. The van der Waals surface area contributed by atoms with Gasteiger partial charge in [0.25, 0.3) is 5.91 Å². The third-order valence-electron chi connectivity index (χ3n) is 4.26. The van der Waals surface area contributed by atoms with E-state index in [4.69, 9.17) is 0 Å². The summed E-state index contributed by atoms with van der Waals surface area (Å²) in [4.78, 5) is 12.4.